The van der Waals surface area contributed by atoms with E-state index in [1.54, 1.807) is 12.1 Å². The highest BCUT2D eigenvalue weighted by Gasteiger charge is 2.26. The minimum atomic E-state index is 0.437. The highest BCUT2D eigenvalue weighted by Crippen LogP contribution is 2.48. The topological polar surface area (TPSA) is 121 Å². The van der Waals surface area contributed by atoms with Crippen molar-refractivity contribution in [3.8, 4) is 24.3 Å². The lowest BCUT2D eigenvalue weighted by Gasteiger charge is -2.09. The van der Waals surface area contributed by atoms with E-state index in [1.165, 1.54) is 0 Å². The van der Waals surface area contributed by atoms with E-state index in [-0.39, 0.29) is 0 Å². The van der Waals surface area contributed by atoms with Gasteiger partial charge in [-0.15, -0.1) is 0 Å². The van der Waals surface area contributed by atoms with E-state index >= 15 is 0 Å². The molecule has 0 aliphatic carbocycles. The van der Waals surface area contributed by atoms with Crippen LogP contribution in [0.15, 0.2) is 72.8 Å². The number of aromatic nitrogens is 2. The summed E-state index contributed by atoms with van der Waals surface area (Å²) < 4.78 is 0. The lowest BCUT2D eigenvalue weighted by Crippen LogP contribution is -1.89. The van der Waals surface area contributed by atoms with Crippen LogP contribution in [0.1, 0.15) is 22.3 Å². The number of rotatable bonds is 0. The van der Waals surface area contributed by atoms with Gasteiger partial charge in [0.05, 0.1) is 56.5 Å². The standard InChI is InChI=1S/C36H12N6/c37-13-17-9-11-23-29-27(17)25(15-39)19-5-1-3-7-21(19)31(29)35-33(23)42-36-32-22-8-4-2-6-20(22)26(16-40)28-18(14-38)10-12-24(30(28)32)34(36)41-35/h1-12H. The van der Waals surface area contributed by atoms with Gasteiger partial charge in [-0.3, -0.25) is 0 Å². The Labute approximate surface area is 236 Å². The molecule has 0 aliphatic rings. The lowest BCUT2D eigenvalue weighted by atomic mass is 9.91. The first-order valence-corrected chi connectivity index (χ1v) is 13.3. The summed E-state index contributed by atoms with van der Waals surface area (Å²) >= 11 is 0. The second-order valence-electron chi connectivity index (χ2n) is 10.5. The molecule has 1 heterocycles. The molecule has 0 amide bonds. The second-order valence-corrected chi connectivity index (χ2v) is 10.5. The van der Waals surface area contributed by atoms with E-state index in [4.69, 9.17) is 9.97 Å². The molecule has 0 bridgehead atoms. The Hall–Kier alpha value is -6.60. The molecule has 6 heteroatoms. The van der Waals surface area contributed by atoms with Gasteiger partial charge in [-0.05, 0) is 22.9 Å². The molecule has 0 N–H and O–H groups in total. The Bertz CT molecular complexity index is 2690. The van der Waals surface area contributed by atoms with Gasteiger partial charge in [0.1, 0.15) is 12.1 Å². The molecule has 0 radical (unpaired) electrons. The van der Waals surface area contributed by atoms with E-state index < -0.39 is 0 Å². The van der Waals surface area contributed by atoms with Gasteiger partial charge in [-0.25, -0.2) is 9.97 Å². The maximum absolute atomic E-state index is 10.3. The highest BCUT2D eigenvalue weighted by atomic mass is 14.8. The van der Waals surface area contributed by atoms with Crippen LogP contribution < -0.4 is 0 Å². The number of nitriles is 4. The maximum Gasteiger partial charge on any atom is 0.100 e. The summed E-state index contributed by atoms with van der Waals surface area (Å²) in [4.78, 5) is 10.6. The molecule has 8 aromatic carbocycles. The second kappa shape index (κ2) is 7.53. The average Bonchev–Trinajstić information content (AvgIpc) is 3.54. The summed E-state index contributed by atoms with van der Waals surface area (Å²) in [6, 6.07) is 32.1. The lowest BCUT2D eigenvalue weighted by molar-refractivity contribution is 1.46. The molecule has 0 spiro atoms. The molecule has 0 unspecified atom stereocenters. The molecule has 0 aliphatic heterocycles. The van der Waals surface area contributed by atoms with Crippen molar-refractivity contribution in [3.05, 3.63) is 95.1 Å². The fourth-order valence-corrected chi connectivity index (χ4v) is 7.09. The van der Waals surface area contributed by atoms with Crippen LogP contribution in [0.3, 0.4) is 0 Å². The van der Waals surface area contributed by atoms with Crippen molar-refractivity contribution in [1.82, 2.24) is 9.97 Å². The van der Waals surface area contributed by atoms with E-state index in [2.05, 4.69) is 24.3 Å². The number of hydrogen-bond acceptors (Lipinski definition) is 6. The molecule has 186 valence electrons. The normalized spacial score (nSPS) is 11.7. The summed E-state index contributed by atoms with van der Waals surface area (Å²) in [6.07, 6.45) is 0. The van der Waals surface area contributed by atoms with E-state index in [1.807, 2.05) is 60.7 Å². The van der Waals surface area contributed by atoms with Crippen LogP contribution >= 0.6 is 0 Å². The van der Waals surface area contributed by atoms with Crippen LogP contribution in [0.5, 0.6) is 0 Å². The summed E-state index contributed by atoms with van der Waals surface area (Å²) in [6.45, 7) is 0. The zero-order valence-corrected chi connectivity index (χ0v) is 21.6. The average molecular weight is 529 g/mol. The smallest absolute Gasteiger partial charge is 0.100 e. The molecule has 1 aromatic heterocycles. The maximum atomic E-state index is 10.3. The minimum absolute atomic E-state index is 0.437. The van der Waals surface area contributed by atoms with Crippen molar-refractivity contribution in [1.29, 1.82) is 21.0 Å². The van der Waals surface area contributed by atoms with Crippen molar-refractivity contribution in [3.63, 3.8) is 0 Å². The van der Waals surface area contributed by atoms with Gasteiger partial charge in [0.2, 0.25) is 0 Å². The molecule has 42 heavy (non-hydrogen) atoms. The van der Waals surface area contributed by atoms with Crippen molar-refractivity contribution < 1.29 is 0 Å². The fourth-order valence-electron chi connectivity index (χ4n) is 7.09. The minimum Gasteiger partial charge on any atom is -0.243 e. The number of fused-ring (bicyclic) bond motifs is 10. The van der Waals surface area contributed by atoms with Crippen LogP contribution in [0, 0.1) is 45.3 Å². The zero-order valence-electron chi connectivity index (χ0n) is 21.6. The van der Waals surface area contributed by atoms with Gasteiger partial charge in [0, 0.05) is 53.9 Å². The third-order valence-corrected chi connectivity index (χ3v) is 8.69. The van der Waals surface area contributed by atoms with Gasteiger partial charge < -0.3 is 0 Å². The molecule has 0 fully saturated rings. The number of nitrogens with zero attached hydrogens (tertiary/aromatic N) is 6. The monoisotopic (exact) mass is 528 g/mol. The van der Waals surface area contributed by atoms with E-state index in [9.17, 15) is 21.0 Å². The third-order valence-electron chi connectivity index (χ3n) is 8.69. The molecule has 6 nitrogen and oxygen atoms in total. The largest absolute Gasteiger partial charge is 0.243 e. The summed E-state index contributed by atoms with van der Waals surface area (Å²) in [5.41, 5.74) is 4.58. The van der Waals surface area contributed by atoms with Gasteiger partial charge in [0.15, 0.2) is 0 Å². The SMILES string of the molecule is N#Cc1ccc2c3nc4c(nc3c3c5ccccc5c(C#N)c1c23)c1ccc(C#N)c2c(C#N)c3ccccc3c4c21. The molecule has 0 saturated heterocycles. The summed E-state index contributed by atoms with van der Waals surface area (Å²) in [7, 11) is 0. The quantitative estimate of drug-likeness (QED) is 0.184. The first kappa shape index (κ1) is 22.2. The van der Waals surface area contributed by atoms with Crippen molar-refractivity contribution in [2.75, 3.05) is 0 Å². The first-order valence-electron chi connectivity index (χ1n) is 13.3. The summed E-state index contributed by atoms with van der Waals surface area (Å²) in [5.74, 6) is 0. The van der Waals surface area contributed by atoms with Crippen LogP contribution in [0.4, 0.5) is 0 Å². The molecule has 9 rings (SSSR count). The Morgan fingerprint density at radius 3 is 1.14 bits per heavy atom. The Morgan fingerprint density at radius 2 is 0.762 bits per heavy atom. The number of benzene rings is 6. The third kappa shape index (κ3) is 2.38. The predicted molar refractivity (Wildman–Crippen MR) is 163 cm³/mol. The molecule has 0 atom stereocenters. The molecule has 9 aromatic rings. The fraction of sp³-hybridized carbons (Fsp3) is 0. The zero-order chi connectivity index (χ0) is 28.3. The first-order chi connectivity index (χ1) is 20.7. The van der Waals surface area contributed by atoms with E-state index in [0.29, 0.717) is 55.1 Å². The van der Waals surface area contributed by atoms with Gasteiger partial charge in [-0.2, -0.15) is 21.0 Å². The van der Waals surface area contributed by atoms with Crippen LogP contribution in [-0.4, -0.2) is 9.97 Å². The molecular formula is C36H12N6. The Balaban J connectivity index is 1.64. The number of hydrogen-bond donors (Lipinski definition) is 0. The van der Waals surface area contributed by atoms with Gasteiger partial charge in [0.25, 0.3) is 0 Å². The summed E-state index contributed by atoms with van der Waals surface area (Å²) in [5, 5.41) is 50.1. The highest BCUT2D eigenvalue weighted by molar-refractivity contribution is 6.41. The van der Waals surface area contributed by atoms with Crippen molar-refractivity contribution in [2.24, 2.45) is 0 Å². The van der Waals surface area contributed by atoms with Crippen LogP contribution in [-0.2, 0) is 0 Å². The Kier molecular flexibility index (Phi) is 3.99. The molecule has 0 saturated carbocycles. The van der Waals surface area contributed by atoms with Crippen LogP contribution in [0.2, 0.25) is 0 Å². The molecular weight excluding hydrogens is 516 g/mol. The van der Waals surface area contributed by atoms with Gasteiger partial charge >= 0.3 is 0 Å². The van der Waals surface area contributed by atoms with E-state index in [0.717, 1.165) is 53.9 Å². The van der Waals surface area contributed by atoms with Crippen molar-refractivity contribution in [2.45, 2.75) is 0 Å². The Morgan fingerprint density at radius 1 is 0.357 bits per heavy atom. The van der Waals surface area contributed by atoms with Crippen LogP contribution in [0.25, 0.3) is 86.7 Å². The predicted octanol–water partition coefficient (Wildman–Crippen LogP) is 8.06. The van der Waals surface area contributed by atoms with Crippen molar-refractivity contribution >= 4 is 86.7 Å². The van der Waals surface area contributed by atoms with Gasteiger partial charge in [-0.1, -0.05) is 60.7 Å².